The minimum absolute atomic E-state index is 0.0802. The Morgan fingerprint density at radius 1 is 1.24 bits per heavy atom. The third kappa shape index (κ3) is 4.58. The third-order valence-electron chi connectivity index (χ3n) is 5.30. The second-order valence-corrected chi connectivity index (χ2v) is 11.1. The van der Waals surface area contributed by atoms with E-state index in [4.69, 9.17) is 16.3 Å². The highest BCUT2D eigenvalue weighted by Crippen LogP contribution is 2.49. The smallest absolute Gasteiger partial charge is 0.255 e. The van der Waals surface area contributed by atoms with E-state index in [1.54, 1.807) is 23.5 Å². The molecule has 8 heteroatoms. The van der Waals surface area contributed by atoms with Crippen molar-refractivity contribution in [1.29, 1.82) is 0 Å². The molecule has 0 aromatic heterocycles. The van der Waals surface area contributed by atoms with E-state index in [1.807, 2.05) is 25.2 Å². The van der Waals surface area contributed by atoms with Crippen LogP contribution < -0.4 is 5.32 Å². The Morgan fingerprint density at radius 3 is 2.76 bits per heavy atom. The zero-order valence-corrected chi connectivity index (χ0v) is 18.4. The molecule has 1 spiro atoms. The molecule has 4 rings (SSSR count). The summed E-state index contributed by atoms with van der Waals surface area (Å²) in [5, 5.41) is 23.8. The molecule has 1 aromatic carbocycles. The number of thioether (sulfide) groups is 2. The van der Waals surface area contributed by atoms with E-state index in [9.17, 15) is 15.0 Å². The zero-order valence-electron chi connectivity index (χ0n) is 16.1. The van der Waals surface area contributed by atoms with E-state index in [0.717, 1.165) is 24.0 Å². The molecule has 1 amide bonds. The van der Waals surface area contributed by atoms with E-state index in [2.05, 4.69) is 11.4 Å². The molecule has 3 heterocycles. The molecule has 156 valence electrons. The fourth-order valence-corrected chi connectivity index (χ4v) is 7.13. The molecule has 3 N–H and O–H groups in total. The highest BCUT2D eigenvalue weighted by Gasteiger charge is 2.39. The summed E-state index contributed by atoms with van der Waals surface area (Å²) in [4.78, 5) is 13.1. The molecule has 0 saturated carbocycles. The van der Waals surface area contributed by atoms with Gasteiger partial charge >= 0.3 is 0 Å². The first-order valence-corrected chi connectivity index (χ1v) is 12.1. The summed E-state index contributed by atoms with van der Waals surface area (Å²) < 4.78 is 5.35. The Balaban J connectivity index is 1.79. The summed E-state index contributed by atoms with van der Waals surface area (Å²) in [6.07, 6.45) is 10.6. The van der Waals surface area contributed by atoms with Gasteiger partial charge in [-0.1, -0.05) is 35.9 Å². The number of hydrogen-bond acceptors (Lipinski definition) is 6. The molecule has 3 aliphatic rings. The first-order chi connectivity index (χ1) is 13.9. The summed E-state index contributed by atoms with van der Waals surface area (Å²) in [5.74, 6) is 1.13. The lowest BCUT2D eigenvalue weighted by Gasteiger charge is -2.34. The largest absolute Gasteiger partial charge is 0.507 e. The molecule has 0 aliphatic carbocycles. The Bertz CT molecular complexity index is 867. The van der Waals surface area contributed by atoms with E-state index in [-0.39, 0.29) is 50.3 Å². The maximum atomic E-state index is 13.1. The summed E-state index contributed by atoms with van der Waals surface area (Å²) >= 11 is 10.1. The molecular weight excluding hydrogens is 430 g/mol. The number of epoxide rings is 1. The van der Waals surface area contributed by atoms with Crippen LogP contribution in [0.3, 0.4) is 0 Å². The van der Waals surface area contributed by atoms with Crippen LogP contribution in [-0.4, -0.2) is 50.0 Å². The molecular formula is C21H24ClNO4S2. The number of amides is 1. The van der Waals surface area contributed by atoms with Crippen molar-refractivity contribution in [2.45, 2.75) is 48.5 Å². The van der Waals surface area contributed by atoms with Crippen molar-refractivity contribution >= 4 is 41.0 Å². The first-order valence-electron chi connectivity index (χ1n) is 9.72. The number of benzene rings is 1. The maximum Gasteiger partial charge on any atom is 0.255 e. The van der Waals surface area contributed by atoms with E-state index < -0.39 is 0 Å². The molecule has 3 atom stereocenters. The van der Waals surface area contributed by atoms with Gasteiger partial charge in [-0.3, -0.25) is 4.79 Å². The Hall–Kier alpha value is -1.28. The fraction of sp³-hybridized carbons (Fsp3) is 0.476. The SMILES string of the molecule is C[C@@H]1C[C@H]2O[C@@H]2C=CC=CC2(Cc3c(Cl)c(O)cc(O)c3C(=O)N1)SCCCS2. The maximum absolute atomic E-state index is 13.1. The van der Waals surface area contributed by atoms with Gasteiger partial charge in [0.05, 0.1) is 20.8 Å². The number of phenolic OH excluding ortho intramolecular Hbond substituents is 2. The van der Waals surface area contributed by atoms with Crippen LogP contribution in [0.2, 0.25) is 5.02 Å². The van der Waals surface area contributed by atoms with Crippen LogP contribution in [0.5, 0.6) is 11.5 Å². The van der Waals surface area contributed by atoms with Gasteiger partial charge in [-0.05, 0) is 36.8 Å². The molecule has 0 unspecified atom stereocenters. The second-order valence-electron chi connectivity index (χ2n) is 7.61. The van der Waals surface area contributed by atoms with Crippen LogP contribution >= 0.6 is 35.1 Å². The van der Waals surface area contributed by atoms with Crippen LogP contribution in [0.4, 0.5) is 0 Å². The van der Waals surface area contributed by atoms with Crippen molar-refractivity contribution in [3.05, 3.63) is 46.5 Å². The van der Waals surface area contributed by atoms with E-state index in [1.165, 1.54) is 0 Å². The molecule has 5 nitrogen and oxygen atoms in total. The van der Waals surface area contributed by atoms with Crippen LogP contribution in [0.1, 0.15) is 35.7 Å². The van der Waals surface area contributed by atoms with Gasteiger partial charge in [-0.25, -0.2) is 0 Å². The van der Waals surface area contributed by atoms with Crippen molar-refractivity contribution in [3.63, 3.8) is 0 Å². The lowest BCUT2D eigenvalue weighted by atomic mass is 9.98. The lowest BCUT2D eigenvalue weighted by molar-refractivity contribution is 0.0933. The van der Waals surface area contributed by atoms with Gasteiger partial charge in [0, 0.05) is 18.5 Å². The van der Waals surface area contributed by atoms with Gasteiger partial charge in [-0.15, -0.1) is 23.5 Å². The van der Waals surface area contributed by atoms with Gasteiger partial charge in [0.2, 0.25) is 0 Å². The second kappa shape index (κ2) is 8.46. The van der Waals surface area contributed by atoms with Crippen molar-refractivity contribution in [1.82, 2.24) is 5.32 Å². The number of hydrogen-bond donors (Lipinski definition) is 3. The first kappa shape index (κ1) is 21.0. The normalized spacial score (nSPS) is 28.9. The number of halogens is 1. The van der Waals surface area contributed by atoms with Crippen molar-refractivity contribution in [3.8, 4) is 11.5 Å². The minimum atomic E-state index is -0.387. The zero-order chi connectivity index (χ0) is 20.6. The average molecular weight is 454 g/mol. The Labute approximate surface area is 183 Å². The van der Waals surface area contributed by atoms with E-state index >= 15 is 0 Å². The Kier molecular flexibility index (Phi) is 6.11. The number of ether oxygens (including phenoxy) is 1. The molecule has 29 heavy (non-hydrogen) atoms. The highest BCUT2D eigenvalue weighted by atomic mass is 35.5. The minimum Gasteiger partial charge on any atom is -0.507 e. The standard InChI is InChI=1S/C21H24ClNO4S2/c1-12-9-17-16(27-17)5-2-3-6-21(28-7-4-8-29-21)11-13-18(20(26)23-12)14(24)10-15(25)19(13)22/h2-3,5-6,10,12,16-17,24-25H,4,7-9,11H2,1H3,(H,23,26)/t12-,16-,17-/m1/s1. The molecule has 2 saturated heterocycles. The van der Waals surface area contributed by atoms with Crippen molar-refractivity contribution in [2.75, 3.05) is 11.5 Å². The topological polar surface area (TPSA) is 82.1 Å². The monoisotopic (exact) mass is 453 g/mol. The molecule has 0 bridgehead atoms. The van der Waals surface area contributed by atoms with E-state index in [0.29, 0.717) is 18.4 Å². The van der Waals surface area contributed by atoms with Crippen LogP contribution in [0.15, 0.2) is 30.4 Å². The fourth-order valence-electron chi connectivity index (χ4n) is 3.79. The molecule has 2 fully saturated rings. The summed E-state index contributed by atoms with van der Waals surface area (Å²) in [5.41, 5.74) is 0.613. The van der Waals surface area contributed by atoms with Gasteiger partial charge < -0.3 is 20.3 Å². The molecule has 0 radical (unpaired) electrons. The number of aromatic hydroxyl groups is 2. The number of nitrogens with one attached hydrogen (secondary N) is 1. The van der Waals surface area contributed by atoms with Gasteiger partial charge in [0.15, 0.2) is 0 Å². The predicted octanol–water partition coefficient (Wildman–Crippen LogP) is 4.26. The number of rotatable bonds is 0. The number of phenols is 2. The van der Waals surface area contributed by atoms with Crippen LogP contribution in [0, 0.1) is 0 Å². The number of allylic oxidation sites excluding steroid dienone is 2. The number of carbonyl (C=O) groups is 1. The average Bonchev–Trinajstić information content (AvgIpc) is 3.40. The van der Waals surface area contributed by atoms with Gasteiger partial charge in [0.25, 0.3) is 5.91 Å². The van der Waals surface area contributed by atoms with Crippen LogP contribution in [-0.2, 0) is 11.2 Å². The molecule has 3 aliphatic heterocycles. The van der Waals surface area contributed by atoms with Gasteiger partial charge in [0.1, 0.15) is 17.6 Å². The summed E-state index contributed by atoms with van der Waals surface area (Å²) in [6.45, 7) is 1.92. The van der Waals surface area contributed by atoms with Gasteiger partial charge in [-0.2, -0.15) is 0 Å². The molecule has 1 aromatic rings. The Morgan fingerprint density at radius 2 is 2.00 bits per heavy atom. The van der Waals surface area contributed by atoms with Crippen molar-refractivity contribution in [2.24, 2.45) is 0 Å². The predicted molar refractivity (Wildman–Crippen MR) is 119 cm³/mol. The summed E-state index contributed by atoms with van der Waals surface area (Å²) in [6, 6.07) is 1.01. The third-order valence-corrected chi connectivity index (χ3v) is 8.95. The summed E-state index contributed by atoms with van der Waals surface area (Å²) in [7, 11) is 0. The highest BCUT2D eigenvalue weighted by molar-refractivity contribution is 8.19. The number of carbonyl (C=O) groups excluding carboxylic acids is 1. The van der Waals surface area contributed by atoms with Crippen LogP contribution in [0.25, 0.3) is 0 Å². The lowest BCUT2D eigenvalue weighted by Crippen LogP contribution is -2.35. The number of fused-ring (bicyclic) bond motifs is 2. The van der Waals surface area contributed by atoms with Crippen molar-refractivity contribution < 1.29 is 19.7 Å². The quantitative estimate of drug-likeness (QED) is 0.509.